The molecule has 8 rings (SSSR count). The lowest BCUT2D eigenvalue weighted by Gasteiger charge is -2.45. The van der Waals surface area contributed by atoms with Crippen molar-refractivity contribution in [3.8, 4) is 11.5 Å². The van der Waals surface area contributed by atoms with Crippen LogP contribution in [0.15, 0.2) is 103 Å². The highest BCUT2D eigenvalue weighted by atomic mass is 16.5. The van der Waals surface area contributed by atoms with E-state index in [4.69, 9.17) is 4.74 Å². The molecule has 0 unspecified atom stereocenters. The van der Waals surface area contributed by atoms with Crippen molar-refractivity contribution < 1.29 is 14.3 Å². The van der Waals surface area contributed by atoms with Crippen LogP contribution in [0, 0.1) is 11.8 Å². The Kier molecular flexibility index (Phi) is 4.06. The first-order chi connectivity index (χ1) is 16.7. The number of benzene rings is 4. The van der Waals surface area contributed by atoms with Crippen LogP contribution < -0.4 is 9.64 Å². The molecule has 4 aliphatic rings. The number of amides is 2. The third-order valence-electron chi connectivity index (χ3n) is 7.52. The lowest BCUT2D eigenvalue weighted by Crippen LogP contribution is -2.41. The first kappa shape index (κ1) is 19.3. The zero-order valence-electron chi connectivity index (χ0n) is 18.3. The van der Waals surface area contributed by atoms with Crippen LogP contribution in [-0.2, 0) is 9.59 Å². The van der Waals surface area contributed by atoms with Crippen molar-refractivity contribution in [1.82, 2.24) is 0 Å². The van der Waals surface area contributed by atoms with E-state index in [0.29, 0.717) is 11.4 Å². The maximum Gasteiger partial charge on any atom is 0.238 e. The second kappa shape index (κ2) is 7.16. The summed E-state index contributed by atoms with van der Waals surface area (Å²) in [4.78, 5) is 29.0. The number of para-hydroxylation sites is 1. The Labute approximate surface area is 197 Å². The van der Waals surface area contributed by atoms with Crippen molar-refractivity contribution in [2.24, 2.45) is 11.8 Å². The van der Waals surface area contributed by atoms with Gasteiger partial charge in [0.2, 0.25) is 11.8 Å². The van der Waals surface area contributed by atoms with Gasteiger partial charge in [-0.05, 0) is 58.7 Å². The molecule has 1 fully saturated rings. The lowest BCUT2D eigenvalue weighted by molar-refractivity contribution is -0.122. The first-order valence-electron chi connectivity index (χ1n) is 11.6. The monoisotopic (exact) mass is 443 g/mol. The predicted molar refractivity (Wildman–Crippen MR) is 129 cm³/mol. The fourth-order valence-electron chi connectivity index (χ4n) is 6.22. The van der Waals surface area contributed by atoms with E-state index in [1.54, 1.807) is 12.1 Å². The summed E-state index contributed by atoms with van der Waals surface area (Å²) < 4.78 is 5.88. The fraction of sp³-hybridized carbons (Fsp3) is 0.133. The zero-order chi connectivity index (χ0) is 22.8. The minimum Gasteiger partial charge on any atom is -0.457 e. The summed E-state index contributed by atoms with van der Waals surface area (Å²) in [5, 5.41) is 0. The lowest BCUT2D eigenvalue weighted by atomic mass is 9.55. The summed E-state index contributed by atoms with van der Waals surface area (Å²) in [6, 6.07) is 33.3. The van der Waals surface area contributed by atoms with Crippen LogP contribution >= 0.6 is 0 Å². The SMILES string of the molecule is O=C1[C@@H]2C3c4ccccc4C(c4ccccc43)[C@@H]2C(=O)N1c1ccc(Oc2ccccc2)cc1. The van der Waals surface area contributed by atoms with E-state index in [0.717, 1.165) is 5.75 Å². The van der Waals surface area contributed by atoms with E-state index < -0.39 is 0 Å². The summed E-state index contributed by atoms with van der Waals surface area (Å²) in [7, 11) is 0. The van der Waals surface area contributed by atoms with E-state index in [-0.39, 0.29) is 35.5 Å². The molecule has 4 heteroatoms. The number of nitrogens with zero attached hydrogens (tertiary/aromatic N) is 1. The second-order valence-electron chi connectivity index (χ2n) is 9.19. The number of hydrogen-bond acceptors (Lipinski definition) is 3. The number of rotatable bonds is 3. The van der Waals surface area contributed by atoms with Crippen LogP contribution in [0.3, 0.4) is 0 Å². The molecule has 1 aliphatic heterocycles. The minimum atomic E-state index is -0.373. The highest BCUT2D eigenvalue weighted by molar-refractivity contribution is 6.23. The van der Waals surface area contributed by atoms with Gasteiger partial charge in [0.25, 0.3) is 0 Å². The molecule has 4 aromatic rings. The standard InChI is InChI=1S/C30H21NO3/c32-29-27-25-21-10-4-5-11-22(21)26(24-13-7-6-12-23(24)25)28(27)30(33)31(29)18-14-16-20(17-15-18)34-19-8-2-1-3-9-19/h1-17,25-28H/t25?,26?,27-,28+. The van der Waals surface area contributed by atoms with Crippen molar-refractivity contribution in [2.45, 2.75) is 11.8 Å². The van der Waals surface area contributed by atoms with Crippen LogP contribution in [0.2, 0.25) is 0 Å². The molecule has 2 amide bonds. The highest BCUT2D eigenvalue weighted by Gasteiger charge is 2.61. The Balaban J connectivity index is 1.27. The third kappa shape index (κ3) is 2.59. The van der Waals surface area contributed by atoms with Gasteiger partial charge in [0.15, 0.2) is 0 Å². The number of carbonyl (C=O) groups excluding carboxylic acids is 2. The highest BCUT2D eigenvalue weighted by Crippen LogP contribution is 2.61. The molecule has 1 heterocycles. The van der Waals surface area contributed by atoms with Crippen molar-refractivity contribution >= 4 is 17.5 Å². The van der Waals surface area contributed by atoms with E-state index >= 15 is 0 Å². The summed E-state index contributed by atoms with van der Waals surface area (Å²) >= 11 is 0. The molecule has 4 nitrogen and oxygen atoms in total. The molecule has 164 valence electrons. The molecule has 2 atom stereocenters. The van der Waals surface area contributed by atoms with Gasteiger partial charge in [-0.15, -0.1) is 0 Å². The topological polar surface area (TPSA) is 46.6 Å². The van der Waals surface area contributed by atoms with Gasteiger partial charge in [0.05, 0.1) is 17.5 Å². The molecule has 0 radical (unpaired) electrons. The summed E-state index contributed by atoms with van der Waals surface area (Å²) in [6.45, 7) is 0. The zero-order valence-corrected chi connectivity index (χ0v) is 18.3. The van der Waals surface area contributed by atoms with Crippen LogP contribution in [-0.4, -0.2) is 11.8 Å². The summed E-state index contributed by atoms with van der Waals surface area (Å²) in [5.41, 5.74) is 5.32. The number of imide groups is 1. The number of anilines is 1. The van der Waals surface area contributed by atoms with Crippen molar-refractivity contribution in [1.29, 1.82) is 0 Å². The van der Waals surface area contributed by atoms with Crippen molar-refractivity contribution in [3.05, 3.63) is 125 Å². The molecule has 1 saturated heterocycles. The molecule has 0 N–H and O–H groups in total. The van der Waals surface area contributed by atoms with Crippen molar-refractivity contribution in [3.63, 3.8) is 0 Å². The van der Waals surface area contributed by atoms with Crippen molar-refractivity contribution in [2.75, 3.05) is 4.90 Å². The van der Waals surface area contributed by atoms with Gasteiger partial charge in [0, 0.05) is 11.8 Å². The largest absolute Gasteiger partial charge is 0.457 e. The Bertz CT molecular complexity index is 1330. The van der Waals surface area contributed by atoms with E-state index in [9.17, 15) is 9.59 Å². The number of hydrogen-bond donors (Lipinski definition) is 0. The van der Waals surface area contributed by atoms with Gasteiger partial charge in [0.1, 0.15) is 11.5 Å². The van der Waals surface area contributed by atoms with Crippen LogP contribution in [0.1, 0.15) is 34.1 Å². The van der Waals surface area contributed by atoms with Gasteiger partial charge in [-0.2, -0.15) is 0 Å². The molecular formula is C30H21NO3. The predicted octanol–water partition coefficient (Wildman–Crippen LogP) is 5.88. The Hall–Kier alpha value is -4.18. The van der Waals surface area contributed by atoms with Crippen LogP contribution in [0.25, 0.3) is 0 Å². The molecular weight excluding hydrogens is 422 g/mol. The summed E-state index contributed by atoms with van der Waals surface area (Å²) in [5.74, 6) is 0.253. The van der Waals surface area contributed by atoms with Gasteiger partial charge < -0.3 is 4.74 Å². The quantitative estimate of drug-likeness (QED) is 0.372. The summed E-state index contributed by atoms with van der Waals surface area (Å²) in [6.07, 6.45) is 0. The van der Waals surface area contributed by atoms with E-state index in [2.05, 4.69) is 24.3 Å². The Morgan fingerprint density at radius 1 is 0.500 bits per heavy atom. The van der Waals surface area contributed by atoms with Gasteiger partial charge in [-0.25, -0.2) is 4.90 Å². The number of ether oxygens (including phenoxy) is 1. The third-order valence-corrected chi connectivity index (χ3v) is 7.52. The molecule has 4 aromatic carbocycles. The van der Waals surface area contributed by atoms with Gasteiger partial charge >= 0.3 is 0 Å². The molecule has 2 bridgehead atoms. The van der Waals surface area contributed by atoms with Gasteiger partial charge in [-0.3, -0.25) is 9.59 Å². The number of carbonyl (C=O) groups is 2. The first-order valence-corrected chi connectivity index (χ1v) is 11.6. The van der Waals surface area contributed by atoms with Crippen LogP contribution in [0.5, 0.6) is 11.5 Å². The molecule has 34 heavy (non-hydrogen) atoms. The molecule has 0 aromatic heterocycles. The maximum atomic E-state index is 13.8. The van der Waals surface area contributed by atoms with E-state index in [1.807, 2.05) is 66.7 Å². The normalized spacial score (nSPS) is 23.9. The van der Waals surface area contributed by atoms with Crippen LogP contribution in [0.4, 0.5) is 5.69 Å². The smallest absolute Gasteiger partial charge is 0.238 e. The molecule has 3 aliphatic carbocycles. The minimum absolute atomic E-state index is 0.0930. The molecule has 0 spiro atoms. The second-order valence-corrected chi connectivity index (χ2v) is 9.19. The Morgan fingerprint density at radius 2 is 0.912 bits per heavy atom. The fourth-order valence-corrected chi connectivity index (χ4v) is 6.22. The Morgan fingerprint density at radius 3 is 1.38 bits per heavy atom. The average molecular weight is 444 g/mol. The van der Waals surface area contributed by atoms with Gasteiger partial charge in [-0.1, -0.05) is 66.7 Å². The average Bonchev–Trinajstić information content (AvgIpc) is 3.16. The molecule has 0 saturated carbocycles. The maximum absolute atomic E-state index is 13.8. The van der Waals surface area contributed by atoms with E-state index in [1.165, 1.54) is 27.2 Å².